The molecule has 1 N–H and O–H groups in total. The SMILES string of the molecule is O=C(O)C1=CCC(CCc2ccc(Oc3ccccc3)cc2)CC1. The molecule has 1 unspecified atom stereocenters. The Morgan fingerprint density at radius 1 is 1.04 bits per heavy atom. The van der Waals surface area contributed by atoms with E-state index in [0.29, 0.717) is 17.9 Å². The number of para-hydroxylation sites is 1. The Kier molecular flexibility index (Phi) is 5.32. The maximum Gasteiger partial charge on any atom is 0.331 e. The van der Waals surface area contributed by atoms with E-state index >= 15 is 0 Å². The fourth-order valence-corrected chi connectivity index (χ4v) is 3.06. The van der Waals surface area contributed by atoms with Crippen LogP contribution in [-0.4, -0.2) is 11.1 Å². The number of carbonyl (C=O) groups is 1. The highest BCUT2D eigenvalue weighted by Gasteiger charge is 2.17. The van der Waals surface area contributed by atoms with Gasteiger partial charge in [-0.3, -0.25) is 0 Å². The van der Waals surface area contributed by atoms with E-state index in [1.807, 2.05) is 48.5 Å². The van der Waals surface area contributed by atoms with E-state index < -0.39 is 5.97 Å². The maximum absolute atomic E-state index is 10.9. The van der Waals surface area contributed by atoms with Crippen LogP contribution >= 0.6 is 0 Å². The van der Waals surface area contributed by atoms with Gasteiger partial charge in [0.1, 0.15) is 11.5 Å². The Morgan fingerprint density at radius 2 is 1.75 bits per heavy atom. The smallest absolute Gasteiger partial charge is 0.331 e. The average molecular weight is 322 g/mol. The Labute approximate surface area is 142 Å². The fourth-order valence-electron chi connectivity index (χ4n) is 3.06. The summed E-state index contributed by atoms with van der Waals surface area (Å²) in [6.07, 6.45) is 6.58. The zero-order chi connectivity index (χ0) is 16.8. The van der Waals surface area contributed by atoms with Gasteiger partial charge in [-0.1, -0.05) is 36.4 Å². The highest BCUT2D eigenvalue weighted by molar-refractivity contribution is 5.86. The summed E-state index contributed by atoms with van der Waals surface area (Å²) in [6.45, 7) is 0. The highest BCUT2D eigenvalue weighted by atomic mass is 16.5. The third kappa shape index (κ3) is 4.48. The lowest BCUT2D eigenvalue weighted by Gasteiger charge is -2.20. The van der Waals surface area contributed by atoms with E-state index in [9.17, 15) is 4.79 Å². The van der Waals surface area contributed by atoms with Crippen molar-refractivity contribution >= 4 is 5.97 Å². The van der Waals surface area contributed by atoms with Gasteiger partial charge >= 0.3 is 5.97 Å². The molecule has 0 fully saturated rings. The molecule has 3 rings (SSSR count). The molecule has 1 aliphatic rings. The van der Waals surface area contributed by atoms with Gasteiger partial charge in [0.25, 0.3) is 0 Å². The Hall–Kier alpha value is -2.55. The molecule has 0 aromatic heterocycles. The van der Waals surface area contributed by atoms with E-state index in [1.165, 1.54) is 5.56 Å². The summed E-state index contributed by atoms with van der Waals surface area (Å²) in [4.78, 5) is 10.9. The normalized spacial score (nSPS) is 17.2. The first kappa shape index (κ1) is 16.3. The minimum absolute atomic E-state index is 0.577. The van der Waals surface area contributed by atoms with Gasteiger partial charge in [0, 0.05) is 5.57 Å². The molecule has 0 aliphatic heterocycles. The summed E-state index contributed by atoms with van der Waals surface area (Å²) in [6, 6.07) is 18.0. The molecule has 1 aliphatic carbocycles. The predicted octanol–water partition coefficient (Wildman–Crippen LogP) is 5.22. The van der Waals surface area contributed by atoms with Crippen molar-refractivity contribution in [2.24, 2.45) is 5.92 Å². The van der Waals surface area contributed by atoms with Crippen LogP contribution in [0.2, 0.25) is 0 Å². The van der Waals surface area contributed by atoms with E-state index in [2.05, 4.69) is 12.1 Å². The number of rotatable bonds is 6. The number of allylic oxidation sites excluding steroid dienone is 1. The van der Waals surface area contributed by atoms with E-state index in [-0.39, 0.29) is 0 Å². The van der Waals surface area contributed by atoms with Crippen molar-refractivity contribution in [1.29, 1.82) is 0 Å². The molecule has 0 bridgehead atoms. The number of benzene rings is 2. The van der Waals surface area contributed by atoms with Crippen LogP contribution in [0.3, 0.4) is 0 Å². The van der Waals surface area contributed by atoms with Crippen LogP contribution in [0.4, 0.5) is 0 Å². The first-order valence-corrected chi connectivity index (χ1v) is 8.45. The summed E-state index contributed by atoms with van der Waals surface area (Å²) in [5, 5.41) is 8.98. The van der Waals surface area contributed by atoms with Crippen LogP contribution in [0, 0.1) is 5.92 Å². The molecule has 0 heterocycles. The standard InChI is InChI=1S/C21H22O3/c22-21(23)18-12-8-16(9-13-18)6-7-17-10-14-20(15-11-17)24-19-4-2-1-3-5-19/h1-5,10-12,14-16H,6-9,13H2,(H,22,23). The molecule has 3 heteroatoms. The van der Waals surface area contributed by atoms with Gasteiger partial charge in [-0.05, 0) is 67.9 Å². The van der Waals surface area contributed by atoms with Gasteiger partial charge in [0.05, 0.1) is 0 Å². The zero-order valence-electron chi connectivity index (χ0n) is 13.7. The Balaban J connectivity index is 1.49. The number of hydrogen-bond donors (Lipinski definition) is 1. The molecule has 2 aromatic carbocycles. The summed E-state index contributed by atoms with van der Waals surface area (Å²) < 4.78 is 5.80. The van der Waals surface area contributed by atoms with Gasteiger partial charge in [-0.15, -0.1) is 0 Å². The number of hydrogen-bond acceptors (Lipinski definition) is 2. The van der Waals surface area contributed by atoms with Crippen LogP contribution in [0.25, 0.3) is 0 Å². The van der Waals surface area contributed by atoms with Gasteiger partial charge in [0.2, 0.25) is 0 Å². The monoisotopic (exact) mass is 322 g/mol. The van der Waals surface area contributed by atoms with Crippen molar-refractivity contribution in [2.75, 3.05) is 0 Å². The van der Waals surface area contributed by atoms with Crippen molar-refractivity contribution in [3.8, 4) is 11.5 Å². The van der Waals surface area contributed by atoms with E-state index in [0.717, 1.165) is 37.2 Å². The summed E-state index contributed by atoms with van der Waals surface area (Å²) in [5.41, 5.74) is 1.87. The lowest BCUT2D eigenvalue weighted by atomic mass is 9.85. The second-order valence-corrected chi connectivity index (χ2v) is 6.27. The topological polar surface area (TPSA) is 46.5 Å². The van der Waals surface area contributed by atoms with Gasteiger partial charge in [0.15, 0.2) is 0 Å². The van der Waals surface area contributed by atoms with Crippen LogP contribution in [0.15, 0.2) is 66.2 Å². The van der Waals surface area contributed by atoms with Crippen molar-refractivity contribution in [2.45, 2.75) is 32.1 Å². The molecule has 3 nitrogen and oxygen atoms in total. The summed E-state index contributed by atoms with van der Waals surface area (Å²) in [5.74, 6) is 1.51. The first-order chi connectivity index (χ1) is 11.7. The Bertz CT molecular complexity index is 702. The number of aryl methyl sites for hydroxylation is 1. The molecular weight excluding hydrogens is 300 g/mol. The summed E-state index contributed by atoms with van der Waals surface area (Å²) >= 11 is 0. The second-order valence-electron chi connectivity index (χ2n) is 6.27. The average Bonchev–Trinajstić information content (AvgIpc) is 2.62. The molecule has 24 heavy (non-hydrogen) atoms. The molecule has 124 valence electrons. The molecule has 1 atom stereocenters. The Morgan fingerprint density at radius 3 is 2.38 bits per heavy atom. The van der Waals surface area contributed by atoms with Crippen LogP contribution in [0.5, 0.6) is 11.5 Å². The third-order valence-electron chi connectivity index (χ3n) is 4.54. The quantitative estimate of drug-likeness (QED) is 0.793. The lowest BCUT2D eigenvalue weighted by Crippen LogP contribution is -2.11. The lowest BCUT2D eigenvalue weighted by molar-refractivity contribution is -0.132. The second kappa shape index (κ2) is 7.82. The molecule has 0 radical (unpaired) electrons. The minimum Gasteiger partial charge on any atom is -0.478 e. The molecular formula is C21H22O3. The van der Waals surface area contributed by atoms with E-state index in [1.54, 1.807) is 0 Å². The van der Waals surface area contributed by atoms with Gasteiger partial charge in [-0.2, -0.15) is 0 Å². The zero-order valence-corrected chi connectivity index (χ0v) is 13.7. The van der Waals surface area contributed by atoms with Crippen LogP contribution in [-0.2, 0) is 11.2 Å². The highest BCUT2D eigenvalue weighted by Crippen LogP contribution is 2.28. The van der Waals surface area contributed by atoms with Crippen molar-refractivity contribution in [3.63, 3.8) is 0 Å². The number of carboxylic acids is 1. The molecule has 0 saturated heterocycles. The van der Waals surface area contributed by atoms with Gasteiger partial charge in [-0.25, -0.2) is 4.79 Å². The molecule has 0 amide bonds. The maximum atomic E-state index is 10.9. The van der Waals surface area contributed by atoms with Crippen molar-refractivity contribution in [1.82, 2.24) is 0 Å². The third-order valence-corrected chi connectivity index (χ3v) is 4.54. The van der Waals surface area contributed by atoms with Crippen molar-refractivity contribution < 1.29 is 14.6 Å². The van der Waals surface area contributed by atoms with Crippen LogP contribution < -0.4 is 4.74 Å². The van der Waals surface area contributed by atoms with Crippen LogP contribution in [0.1, 0.15) is 31.2 Å². The predicted molar refractivity (Wildman–Crippen MR) is 94.3 cm³/mol. The van der Waals surface area contributed by atoms with Gasteiger partial charge < -0.3 is 9.84 Å². The number of ether oxygens (including phenoxy) is 1. The summed E-state index contributed by atoms with van der Waals surface area (Å²) in [7, 11) is 0. The first-order valence-electron chi connectivity index (χ1n) is 8.45. The number of aliphatic carboxylic acids is 1. The van der Waals surface area contributed by atoms with E-state index in [4.69, 9.17) is 9.84 Å². The number of carboxylic acid groups (broad SMARTS) is 1. The molecule has 0 saturated carbocycles. The molecule has 2 aromatic rings. The molecule has 0 spiro atoms. The fraction of sp³-hybridized carbons (Fsp3) is 0.286. The minimum atomic E-state index is -0.762. The largest absolute Gasteiger partial charge is 0.478 e. The van der Waals surface area contributed by atoms with Crippen molar-refractivity contribution in [3.05, 3.63) is 71.8 Å².